The van der Waals surface area contributed by atoms with Gasteiger partial charge in [0.05, 0.1) is 17.4 Å². The van der Waals surface area contributed by atoms with Crippen LogP contribution in [0.3, 0.4) is 0 Å². The third-order valence-electron chi connectivity index (χ3n) is 9.78. The summed E-state index contributed by atoms with van der Waals surface area (Å²) in [5.74, 6) is 2.44. The lowest BCUT2D eigenvalue weighted by atomic mass is 9.79. The number of aryl methyl sites for hydroxylation is 2. The van der Waals surface area contributed by atoms with E-state index in [9.17, 15) is 4.79 Å². The van der Waals surface area contributed by atoms with Crippen LogP contribution in [0.15, 0.2) is 24.9 Å². The van der Waals surface area contributed by atoms with Crippen molar-refractivity contribution < 1.29 is 4.79 Å². The average molecular weight is 482 g/mol. The van der Waals surface area contributed by atoms with Crippen molar-refractivity contribution in [3.8, 4) is 11.1 Å². The fourth-order valence-electron chi connectivity index (χ4n) is 7.86. The summed E-state index contributed by atoms with van der Waals surface area (Å²) in [5, 5.41) is 5.87. The Labute approximate surface area is 213 Å². The van der Waals surface area contributed by atoms with Gasteiger partial charge in [0, 0.05) is 55.5 Å². The van der Waals surface area contributed by atoms with E-state index in [1.54, 1.807) is 0 Å². The van der Waals surface area contributed by atoms with Crippen LogP contribution in [0.4, 0.5) is 5.82 Å². The molecule has 4 heterocycles. The molecule has 2 bridgehead atoms. The van der Waals surface area contributed by atoms with Gasteiger partial charge in [-0.05, 0) is 92.3 Å². The van der Waals surface area contributed by atoms with Crippen LogP contribution in [0.25, 0.3) is 22.0 Å². The van der Waals surface area contributed by atoms with Crippen LogP contribution >= 0.6 is 0 Å². The van der Waals surface area contributed by atoms with Crippen molar-refractivity contribution in [1.82, 2.24) is 19.7 Å². The van der Waals surface area contributed by atoms with E-state index >= 15 is 0 Å². The molecule has 4 aliphatic rings. The molecule has 1 spiro atoms. The standard InChI is InChI=1S/C30H35N5O/c1-6-23(36)35-15-30(16-35)9-10-34(14-30)29-19(4)24(26-20-7-8-21(12-20)27(26)32-29)25-18(3)17(2)11-22-13-31-33(5)28(22)25/h6,11,13,20-21H,1,7-10,12,14-16H2,2-5H3/t20-,21+/m1/s1. The minimum Gasteiger partial charge on any atom is -0.356 e. The van der Waals surface area contributed by atoms with Crippen LogP contribution in [-0.4, -0.2) is 51.8 Å². The minimum atomic E-state index is 0.0549. The highest BCUT2D eigenvalue weighted by Crippen LogP contribution is 2.58. The number of rotatable bonds is 3. The highest BCUT2D eigenvalue weighted by Gasteiger charge is 2.50. The number of hydrogen-bond donors (Lipinski definition) is 0. The minimum absolute atomic E-state index is 0.0549. The molecule has 3 fully saturated rings. The number of hydrogen-bond acceptors (Lipinski definition) is 4. The molecular formula is C30H35N5O. The van der Waals surface area contributed by atoms with Crippen molar-refractivity contribution in [2.45, 2.75) is 58.3 Å². The summed E-state index contributed by atoms with van der Waals surface area (Å²) in [7, 11) is 2.07. The molecule has 2 saturated heterocycles. The summed E-state index contributed by atoms with van der Waals surface area (Å²) < 4.78 is 2.06. The molecule has 1 aromatic carbocycles. The van der Waals surface area contributed by atoms with Gasteiger partial charge in [0.2, 0.25) is 5.91 Å². The fraction of sp³-hybridized carbons (Fsp3) is 0.500. The summed E-state index contributed by atoms with van der Waals surface area (Å²) in [6.45, 7) is 14.1. The van der Waals surface area contributed by atoms with E-state index in [1.165, 1.54) is 75.3 Å². The Morgan fingerprint density at radius 3 is 2.67 bits per heavy atom. The SMILES string of the molecule is C=CC(=O)N1CC2(CCN(c3nc4c(c(-c5c(C)c(C)cc6cnn(C)c56)c3C)[C@@H]3CC[C@H]4C3)C2)C1. The van der Waals surface area contributed by atoms with Crippen LogP contribution < -0.4 is 4.90 Å². The van der Waals surface area contributed by atoms with Gasteiger partial charge in [-0.2, -0.15) is 5.10 Å². The predicted octanol–water partition coefficient (Wildman–Crippen LogP) is 5.15. The Morgan fingerprint density at radius 2 is 1.89 bits per heavy atom. The van der Waals surface area contributed by atoms with Crippen LogP contribution in [0.1, 0.15) is 65.5 Å². The molecular weight excluding hydrogens is 446 g/mol. The second-order valence-electron chi connectivity index (χ2n) is 11.9. The Morgan fingerprint density at radius 1 is 1.11 bits per heavy atom. The van der Waals surface area contributed by atoms with Crippen molar-refractivity contribution in [2.24, 2.45) is 12.5 Å². The number of fused-ring (bicyclic) bond motifs is 6. The lowest BCUT2D eigenvalue weighted by Gasteiger charge is -2.47. The molecule has 2 aromatic heterocycles. The van der Waals surface area contributed by atoms with Crippen molar-refractivity contribution in [1.29, 1.82) is 0 Å². The summed E-state index contributed by atoms with van der Waals surface area (Å²) in [4.78, 5) is 22.0. The van der Waals surface area contributed by atoms with Gasteiger partial charge in [-0.25, -0.2) is 4.98 Å². The largest absolute Gasteiger partial charge is 0.356 e. The van der Waals surface area contributed by atoms with Gasteiger partial charge in [0.25, 0.3) is 0 Å². The van der Waals surface area contributed by atoms with Gasteiger partial charge < -0.3 is 9.80 Å². The Kier molecular flexibility index (Phi) is 4.56. The Bertz CT molecular complexity index is 1460. The highest BCUT2D eigenvalue weighted by molar-refractivity contribution is 5.99. The van der Waals surface area contributed by atoms with E-state index in [0.29, 0.717) is 11.8 Å². The zero-order valence-corrected chi connectivity index (χ0v) is 21.9. The molecule has 6 nitrogen and oxygen atoms in total. The summed E-state index contributed by atoms with van der Waals surface area (Å²) in [5.41, 5.74) is 11.1. The zero-order valence-electron chi connectivity index (χ0n) is 21.9. The molecule has 3 aromatic rings. The second-order valence-corrected chi connectivity index (χ2v) is 11.9. The number of carbonyl (C=O) groups excluding carboxylic acids is 1. The van der Waals surface area contributed by atoms with Gasteiger partial charge in [0.15, 0.2) is 0 Å². The second kappa shape index (κ2) is 7.44. The number of likely N-dealkylation sites (tertiary alicyclic amines) is 1. The maximum absolute atomic E-state index is 12.1. The van der Waals surface area contributed by atoms with Crippen LogP contribution in [0.2, 0.25) is 0 Å². The number of aromatic nitrogens is 3. The summed E-state index contributed by atoms with van der Waals surface area (Å²) >= 11 is 0. The zero-order chi connectivity index (χ0) is 24.9. The van der Waals surface area contributed by atoms with Gasteiger partial charge in [0.1, 0.15) is 5.82 Å². The molecule has 0 N–H and O–H groups in total. The molecule has 2 aliphatic heterocycles. The van der Waals surface area contributed by atoms with Gasteiger partial charge >= 0.3 is 0 Å². The molecule has 2 atom stereocenters. The number of pyridine rings is 1. The number of nitrogens with zero attached hydrogens (tertiary/aromatic N) is 5. The van der Waals surface area contributed by atoms with E-state index in [-0.39, 0.29) is 11.3 Å². The lowest BCUT2D eigenvalue weighted by Crippen LogP contribution is -2.59. The van der Waals surface area contributed by atoms with Crippen molar-refractivity contribution in [3.05, 3.63) is 52.9 Å². The first kappa shape index (κ1) is 22.1. The van der Waals surface area contributed by atoms with Gasteiger partial charge in [-0.3, -0.25) is 9.48 Å². The van der Waals surface area contributed by atoms with Crippen LogP contribution in [-0.2, 0) is 11.8 Å². The molecule has 2 aliphatic carbocycles. The number of benzene rings is 1. The normalized spacial score (nSPS) is 23.6. The van der Waals surface area contributed by atoms with Crippen molar-refractivity contribution >= 4 is 22.6 Å². The predicted molar refractivity (Wildman–Crippen MR) is 144 cm³/mol. The van der Waals surface area contributed by atoms with Gasteiger partial charge in [-0.1, -0.05) is 6.58 Å². The van der Waals surface area contributed by atoms with E-state index < -0.39 is 0 Å². The molecule has 7 rings (SSSR count). The summed E-state index contributed by atoms with van der Waals surface area (Å²) in [6.07, 6.45) is 8.36. The van der Waals surface area contributed by atoms with E-state index in [0.717, 1.165) is 38.4 Å². The third kappa shape index (κ3) is 2.87. The maximum atomic E-state index is 12.1. The average Bonchev–Trinajstić information content (AvgIpc) is 3.63. The topological polar surface area (TPSA) is 54.3 Å². The quantitative estimate of drug-likeness (QED) is 0.486. The Balaban J connectivity index is 1.39. The molecule has 1 saturated carbocycles. The van der Waals surface area contributed by atoms with E-state index in [4.69, 9.17) is 4.98 Å². The molecule has 6 heteroatoms. The van der Waals surface area contributed by atoms with Crippen LogP contribution in [0.5, 0.6) is 0 Å². The first-order chi connectivity index (χ1) is 17.3. The Hall–Kier alpha value is -3.15. The summed E-state index contributed by atoms with van der Waals surface area (Å²) in [6, 6.07) is 2.28. The monoisotopic (exact) mass is 481 g/mol. The molecule has 186 valence electrons. The van der Waals surface area contributed by atoms with E-state index in [1.807, 2.05) is 11.1 Å². The first-order valence-corrected chi connectivity index (χ1v) is 13.4. The number of anilines is 1. The smallest absolute Gasteiger partial charge is 0.245 e. The van der Waals surface area contributed by atoms with Crippen LogP contribution in [0, 0.1) is 26.2 Å². The van der Waals surface area contributed by atoms with E-state index in [2.05, 4.69) is 55.1 Å². The third-order valence-corrected chi connectivity index (χ3v) is 9.78. The molecule has 1 amide bonds. The van der Waals surface area contributed by atoms with Crippen molar-refractivity contribution in [3.63, 3.8) is 0 Å². The number of amides is 1. The first-order valence-electron chi connectivity index (χ1n) is 13.4. The van der Waals surface area contributed by atoms with Crippen molar-refractivity contribution in [2.75, 3.05) is 31.1 Å². The maximum Gasteiger partial charge on any atom is 0.245 e. The fourth-order valence-corrected chi connectivity index (χ4v) is 7.86. The molecule has 36 heavy (non-hydrogen) atoms. The molecule has 0 unspecified atom stereocenters. The van der Waals surface area contributed by atoms with Gasteiger partial charge in [-0.15, -0.1) is 0 Å². The number of carbonyl (C=O) groups is 1. The molecule has 0 radical (unpaired) electrons. The lowest BCUT2D eigenvalue weighted by molar-refractivity contribution is -0.136. The highest BCUT2D eigenvalue weighted by atomic mass is 16.2.